The van der Waals surface area contributed by atoms with Crippen molar-refractivity contribution in [3.8, 4) is 0 Å². The van der Waals surface area contributed by atoms with E-state index in [9.17, 15) is 0 Å². The van der Waals surface area contributed by atoms with E-state index in [1.165, 1.54) is 38.0 Å². The summed E-state index contributed by atoms with van der Waals surface area (Å²) in [4.78, 5) is 5.11. The van der Waals surface area contributed by atoms with Crippen LogP contribution in [0.5, 0.6) is 0 Å². The molecule has 2 fully saturated rings. The van der Waals surface area contributed by atoms with Gasteiger partial charge >= 0.3 is 0 Å². The van der Waals surface area contributed by atoms with Gasteiger partial charge in [-0.25, -0.2) is 0 Å². The van der Waals surface area contributed by atoms with Crippen LogP contribution in [-0.4, -0.2) is 55.7 Å². The summed E-state index contributed by atoms with van der Waals surface area (Å²) >= 11 is 5.94. The second kappa shape index (κ2) is 8.35. The molecular formula is C16H24Cl2N2O. The lowest BCUT2D eigenvalue weighted by atomic mass is 10.1. The molecule has 1 aromatic carbocycles. The molecule has 3 rings (SSSR count). The topological polar surface area (TPSA) is 15.7 Å². The highest BCUT2D eigenvalue weighted by Crippen LogP contribution is 2.23. The molecule has 2 aliphatic rings. The fourth-order valence-electron chi connectivity index (χ4n) is 3.07. The number of morpholine rings is 1. The summed E-state index contributed by atoms with van der Waals surface area (Å²) in [6.07, 6.45) is 2.94. The number of likely N-dealkylation sites (tertiary alicyclic amines) is 1. The summed E-state index contributed by atoms with van der Waals surface area (Å²) < 4.78 is 5.91. The molecule has 21 heavy (non-hydrogen) atoms. The van der Waals surface area contributed by atoms with Crippen LogP contribution in [0.4, 0.5) is 0 Å². The second-order valence-electron chi connectivity index (χ2n) is 5.76. The van der Waals surface area contributed by atoms with Gasteiger partial charge in [0, 0.05) is 31.2 Å². The van der Waals surface area contributed by atoms with Gasteiger partial charge in [0.05, 0.1) is 12.7 Å². The highest BCUT2D eigenvalue weighted by molar-refractivity contribution is 6.30. The Morgan fingerprint density at radius 3 is 2.38 bits per heavy atom. The van der Waals surface area contributed by atoms with E-state index in [2.05, 4.69) is 21.9 Å². The standard InChI is InChI=1S/C16H23ClN2O.ClH/c17-15-5-3-14(4-6-15)16-13-19(11-12-20-16)10-9-18-7-1-2-8-18;/h3-6,16H,1-2,7-13H2;1H. The number of hydrogen-bond donors (Lipinski definition) is 0. The predicted molar refractivity (Wildman–Crippen MR) is 89.5 cm³/mol. The van der Waals surface area contributed by atoms with Crippen LogP contribution < -0.4 is 0 Å². The summed E-state index contributed by atoms with van der Waals surface area (Å²) in [5.41, 5.74) is 1.24. The summed E-state index contributed by atoms with van der Waals surface area (Å²) in [6, 6.07) is 8.06. The van der Waals surface area contributed by atoms with E-state index in [0.717, 1.165) is 31.3 Å². The lowest BCUT2D eigenvalue weighted by molar-refractivity contribution is -0.0316. The van der Waals surface area contributed by atoms with Crippen LogP contribution in [0, 0.1) is 0 Å². The van der Waals surface area contributed by atoms with Crippen LogP contribution in [0.1, 0.15) is 24.5 Å². The lowest BCUT2D eigenvalue weighted by Crippen LogP contribution is -2.42. The van der Waals surface area contributed by atoms with Crippen LogP contribution in [-0.2, 0) is 4.74 Å². The van der Waals surface area contributed by atoms with Gasteiger partial charge < -0.3 is 9.64 Å². The smallest absolute Gasteiger partial charge is 0.0952 e. The molecule has 0 radical (unpaired) electrons. The summed E-state index contributed by atoms with van der Waals surface area (Å²) in [5, 5.41) is 0.787. The number of ether oxygens (including phenoxy) is 1. The van der Waals surface area contributed by atoms with E-state index in [1.807, 2.05) is 12.1 Å². The van der Waals surface area contributed by atoms with Crippen molar-refractivity contribution in [3.05, 3.63) is 34.9 Å². The minimum absolute atomic E-state index is 0. The Balaban J connectivity index is 0.00000161. The Morgan fingerprint density at radius 2 is 1.67 bits per heavy atom. The molecule has 5 heteroatoms. The molecule has 1 aromatic rings. The van der Waals surface area contributed by atoms with Crippen LogP contribution in [0.25, 0.3) is 0 Å². The molecule has 1 unspecified atom stereocenters. The average molecular weight is 331 g/mol. The largest absolute Gasteiger partial charge is 0.371 e. The van der Waals surface area contributed by atoms with Gasteiger partial charge in [0.15, 0.2) is 0 Å². The Kier molecular flexibility index (Phi) is 6.77. The average Bonchev–Trinajstić information content (AvgIpc) is 3.00. The number of rotatable bonds is 4. The quantitative estimate of drug-likeness (QED) is 0.842. The zero-order valence-electron chi connectivity index (χ0n) is 12.3. The van der Waals surface area contributed by atoms with Crippen molar-refractivity contribution in [2.24, 2.45) is 0 Å². The summed E-state index contributed by atoms with van der Waals surface area (Å²) in [5.74, 6) is 0. The first kappa shape index (κ1) is 17.0. The first-order valence-electron chi connectivity index (χ1n) is 7.63. The van der Waals surface area contributed by atoms with Gasteiger partial charge in [-0.1, -0.05) is 23.7 Å². The Bertz CT molecular complexity index is 421. The highest BCUT2D eigenvalue weighted by atomic mass is 35.5. The molecule has 0 N–H and O–H groups in total. The molecule has 0 amide bonds. The van der Waals surface area contributed by atoms with Gasteiger partial charge in [-0.2, -0.15) is 0 Å². The van der Waals surface area contributed by atoms with E-state index in [4.69, 9.17) is 16.3 Å². The number of hydrogen-bond acceptors (Lipinski definition) is 3. The maximum atomic E-state index is 5.94. The minimum Gasteiger partial charge on any atom is -0.371 e. The Labute approximate surface area is 138 Å². The summed E-state index contributed by atoms with van der Waals surface area (Å²) in [7, 11) is 0. The van der Waals surface area contributed by atoms with Gasteiger partial charge in [-0.15, -0.1) is 12.4 Å². The van der Waals surface area contributed by atoms with E-state index in [1.54, 1.807) is 0 Å². The molecule has 118 valence electrons. The van der Waals surface area contributed by atoms with Gasteiger partial charge in [0.25, 0.3) is 0 Å². The Morgan fingerprint density at radius 1 is 1.00 bits per heavy atom. The van der Waals surface area contributed by atoms with E-state index in [0.29, 0.717) is 0 Å². The zero-order chi connectivity index (χ0) is 13.8. The third kappa shape index (κ3) is 4.83. The molecule has 0 bridgehead atoms. The number of halogens is 2. The third-order valence-corrected chi connectivity index (χ3v) is 4.58. The maximum absolute atomic E-state index is 5.94. The van der Waals surface area contributed by atoms with Crippen molar-refractivity contribution in [3.63, 3.8) is 0 Å². The predicted octanol–water partition coefficient (Wildman–Crippen LogP) is 3.23. The van der Waals surface area contributed by atoms with Crippen molar-refractivity contribution < 1.29 is 4.74 Å². The molecule has 0 spiro atoms. The number of nitrogens with zero attached hydrogens (tertiary/aromatic N) is 2. The first-order chi connectivity index (χ1) is 9.81. The third-order valence-electron chi connectivity index (χ3n) is 4.32. The van der Waals surface area contributed by atoms with Crippen molar-refractivity contribution >= 4 is 24.0 Å². The first-order valence-corrected chi connectivity index (χ1v) is 8.01. The van der Waals surface area contributed by atoms with Crippen LogP contribution in [0.15, 0.2) is 24.3 Å². The molecule has 0 saturated carbocycles. The molecule has 2 heterocycles. The fraction of sp³-hybridized carbons (Fsp3) is 0.625. The van der Waals surface area contributed by atoms with Gasteiger partial charge in [0.1, 0.15) is 0 Å². The highest BCUT2D eigenvalue weighted by Gasteiger charge is 2.22. The molecule has 2 saturated heterocycles. The SMILES string of the molecule is Cl.Clc1ccc(C2CN(CCN3CCCC3)CCO2)cc1. The van der Waals surface area contributed by atoms with E-state index >= 15 is 0 Å². The van der Waals surface area contributed by atoms with Gasteiger partial charge in [-0.05, 0) is 43.6 Å². The Hall–Kier alpha value is -0.320. The van der Waals surface area contributed by atoms with E-state index < -0.39 is 0 Å². The lowest BCUT2D eigenvalue weighted by Gasteiger charge is -2.34. The number of benzene rings is 1. The molecular weight excluding hydrogens is 307 g/mol. The summed E-state index contributed by atoms with van der Waals surface area (Å²) in [6.45, 7) is 7.80. The van der Waals surface area contributed by atoms with Gasteiger partial charge in [-0.3, -0.25) is 4.90 Å². The monoisotopic (exact) mass is 330 g/mol. The fourth-order valence-corrected chi connectivity index (χ4v) is 3.20. The van der Waals surface area contributed by atoms with Crippen LogP contribution in [0.2, 0.25) is 5.02 Å². The van der Waals surface area contributed by atoms with Crippen molar-refractivity contribution in [2.45, 2.75) is 18.9 Å². The second-order valence-corrected chi connectivity index (χ2v) is 6.20. The van der Waals surface area contributed by atoms with Gasteiger partial charge in [0.2, 0.25) is 0 Å². The minimum atomic E-state index is 0. The normalized spacial score (nSPS) is 24.0. The van der Waals surface area contributed by atoms with E-state index in [-0.39, 0.29) is 18.5 Å². The van der Waals surface area contributed by atoms with Crippen molar-refractivity contribution in [1.82, 2.24) is 9.80 Å². The van der Waals surface area contributed by atoms with Crippen LogP contribution >= 0.6 is 24.0 Å². The zero-order valence-corrected chi connectivity index (χ0v) is 13.9. The molecule has 0 aromatic heterocycles. The maximum Gasteiger partial charge on any atom is 0.0952 e. The van der Waals surface area contributed by atoms with Crippen molar-refractivity contribution in [2.75, 3.05) is 45.9 Å². The molecule has 3 nitrogen and oxygen atoms in total. The van der Waals surface area contributed by atoms with Crippen molar-refractivity contribution in [1.29, 1.82) is 0 Å². The van der Waals surface area contributed by atoms with Crippen LogP contribution in [0.3, 0.4) is 0 Å². The molecule has 2 aliphatic heterocycles. The molecule has 0 aliphatic carbocycles. The molecule has 1 atom stereocenters.